The van der Waals surface area contributed by atoms with E-state index in [0.717, 1.165) is 15.6 Å². The van der Waals surface area contributed by atoms with Crippen LogP contribution in [0.1, 0.15) is 38.0 Å². The van der Waals surface area contributed by atoms with Crippen molar-refractivity contribution in [1.29, 1.82) is 0 Å². The number of benzene rings is 2. The fraction of sp³-hybridized carbons (Fsp3) is 0.0833. The molecule has 31 heavy (non-hydrogen) atoms. The summed E-state index contributed by atoms with van der Waals surface area (Å²) in [7, 11) is 0. The van der Waals surface area contributed by atoms with Gasteiger partial charge in [-0.05, 0) is 61.9 Å². The second kappa shape index (κ2) is 7.28. The van der Waals surface area contributed by atoms with Crippen LogP contribution in [-0.4, -0.2) is 11.8 Å². The van der Waals surface area contributed by atoms with Crippen LogP contribution in [-0.2, 0) is 0 Å². The number of hydrogen-bond acceptors (Lipinski definition) is 6. The zero-order chi connectivity index (χ0) is 21.7. The second-order valence-electron chi connectivity index (χ2n) is 7.18. The van der Waals surface area contributed by atoms with Crippen LogP contribution >= 0.6 is 15.9 Å². The van der Waals surface area contributed by atoms with Crippen molar-refractivity contribution in [3.63, 3.8) is 0 Å². The summed E-state index contributed by atoms with van der Waals surface area (Å²) in [6, 6.07) is 13.8. The summed E-state index contributed by atoms with van der Waals surface area (Å²) in [6.45, 7) is 3.58. The predicted octanol–water partition coefficient (Wildman–Crippen LogP) is 6.24. The lowest BCUT2D eigenvalue weighted by atomic mass is 10.0. The highest BCUT2D eigenvalue weighted by Gasteiger charge is 2.31. The molecule has 0 amide bonds. The van der Waals surface area contributed by atoms with Crippen LogP contribution < -0.4 is 9.47 Å². The Balaban J connectivity index is 1.42. The number of ether oxygens (including phenoxy) is 2. The fourth-order valence-electron chi connectivity index (χ4n) is 3.47. The second-order valence-corrected chi connectivity index (χ2v) is 8.10. The van der Waals surface area contributed by atoms with Gasteiger partial charge in [-0.3, -0.25) is 4.79 Å². The number of esters is 1. The van der Waals surface area contributed by atoms with Gasteiger partial charge in [-0.25, -0.2) is 4.79 Å². The quantitative estimate of drug-likeness (QED) is 0.197. The van der Waals surface area contributed by atoms with Crippen molar-refractivity contribution in [2.75, 3.05) is 0 Å². The maximum absolute atomic E-state index is 12.7. The van der Waals surface area contributed by atoms with Gasteiger partial charge in [0.15, 0.2) is 5.76 Å². The molecule has 7 heteroatoms. The molecule has 4 aromatic rings. The van der Waals surface area contributed by atoms with Gasteiger partial charge >= 0.3 is 5.97 Å². The first-order valence-corrected chi connectivity index (χ1v) is 10.2. The molecule has 1 aliphatic heterocycles. The van der Waals surface area contributed by atoms with Gasteiger partial charge in [0.25, 0.3) is 0 Å². The number of hydrogen-bond donors (Lipinski definition) is 0. The molecule has 154 valence electrons. The summed E-state index contributed by atoms with van der Waals surface area (Å²) in [5, 5.41) is 0.781. The monoisotopic (exact) mass is 478 g/mol. The third-order valence-electron chi connectivity index (χ3n) is 4.87. The maximum Gasteiger partial charge on any atom is 0.379 e. The Kier molecular flexibility index (Phi) is 4.55. The number of carbonyl (C=O) groups is 2. The average molecular weight is 479 g/mol. The number of halogens is 1. The van der Waals surface area contributed by atoms with Crippen molar-refractivity contribution in [2.45, 2.75) is 13.8 Å². The van der Waals surface area contributed by atoms with Crippen molar-refractivity contribution in [2.24, 2.45) is 0 Å². The van der Waals surface area contributed by atoms with E-state index in [-0.39, 0.29) is 23.1 Å². The molecule has 0 N–H and O–H groups in total. The number of rotatable bonds is 3. The summed E-state index contributed by atoms with van der Waals surface area (Å²) in [6.07, 6.45) is 1.55. The number of furan rings is 2. The molecule has 0 atom stereocenters. The Labute approximate surface area is 185 Å². The largest absolute Gasteiger partial charge is 0.462 e. The molecule has 0 unspecified atom stereocenters. The number of ketones is 1. The van der Waals surface area contributed by atoms with Crippen LogP contribution in [0.2, 0.25) is 0 Å². The molecule has 0 aliphatic carbocycles. The molecular weight excluding hydrogens is 464 g/mol. The SMILES string of the molecule is Cc1ccc(/C=C2\Oc3cc(OC(=O)c4cc5cc(Br)ccc5o4)cc(C)c3C2=O)o1. The molecule has 0 saturated heterocycles. The summed E-state index contributed by atoms with van der Waals surface area (Å²) >= 11 is 3.39. The zero-order valence-electron chi connectivity index (χ0n) is 16.5. The smallest absolute Gasteiger partial charge is 0.379 e. The highest BCUT2D eigenvalue weighted by atomic mass is 79.9. The Hall–Kier alpha value is -3.58. The third-order valence-corrected chi connectivity index (χ3v) is 5.36. The summed E-state index contributed by atoms with van der Waals surface area (Å²) in [5.41, 5.74) is 1.65. The van der Waals surface area contributed by atoms with Crippen molar-refractivity contribution in [3.05, 3.63) is 87.2 Å². The van der Waals surface area contributed by atoms with Crippen LogP contribution in [0.5, 0.6) is 11.5 Å². The summed E-state index contributed by atoms with van der Waals surface area (Å²) < 4.78 is 23.2. The van der Waals surface area contributed by atoms with E-state index in [4.69, 9.17) is 18.3 Å². The third kappa shape index (κ3) is 3.57. The van der Waals surface area contributed by atoms with E-state index in [9.17, 15) is 9.59 Å². The lowest BCUT2D eigenvalue weighted by molar-refractivity contribution is 0.0703. The minimum absolute atomic E-state index is 0.0806. The number of aryl methyl sites for hydroxylation is 2. The minimum atomic E-state index is -0.641. The van der Waals surface area contributed by atoms with Crippen molar-refractivity contribution >= 4 is 44.7 Å². The average Bonchev–Trinajstić information content (AvgIpc) is 3.39. The Bertz CT molecular complexity index is 1400. The normalized spacial score (nSPS) is 14.2. The molecule has 2 aromatic heterocycles. The molecule has 2 aromatic carbocycles. The highest BCUT2D eigenvalue weighted by Crippen LogP contribution is 2.38. The van der Waals surface area contributed by atoms with Gasteiger partial charge in [0.05, 0.1) is 5.56 Å². The number of fused-ring (bicyclic) bond motifs is 2. The van der Waals surface area contributed by atoms with Gasteiger partial charge in [0.1, 0.15) is 28.6 Å². The van der Waals surface area contributed by atoms with E-state index < -0.39 is 5.97 Å². The number of allylic oxidation sites excluding steroid dienone is 1. The first-order chi connectivity index (χ1) is 14.9. The van der Waals surface area contributed by atoms with Gasteiger partial charge in [-0.2, -0.15) is 0 Å². The van der Waals surface area contributed by atoms with Gasteiger partial charge in [-0.15, -0.1) is 0 Å². The molecule has 0 saturated carbocycles. The Morgan fingerprint density at radius 1 is 1.03 bits per heavy atom. The van der Waals surface area contributed by atoms with Crippen LogP contribution in [0.4, 0.5) is 0 Å². The van der Waals surface area contributed by atoms with E-state index in [1.54, 1.807) is 43.3 Å². The first kappa shape index (κ1) is 19.4. The molecular formula is C24H15BrO6. The lowest BCUT2D eigenvalue weighted by Crippen LogP contribution is -2.07. The van der Waals surface area contributed by atoms with E-state index in [1.807, 2.05) is 19.1 Å². The molecule has 6 nitrogen and oxygen atoms in total. The molecule has 0 radical (unpaired) electrons. The van der Waals surface area contributed by atoms with E-state index >= 15 is 0 Å². The predicted molar refractivity (Wildman–Crippen MR) is 116 cm³/mol. The summed E-state index contributed by atoms with van der Waals surface area (Å²) in [5.74, 6) is 1.19. The Morgan fingerprint density at radius 2 is 1.87 bits per heavy atom. The molecule has 5 rings (SSSR count). The number of Topliss-reactive ketones (excluding diaryl/α,β-unsaturated/α-hetero) is 1. The van der Waals surface area contributed by atoms with Crippen LogP contribution in [0.25, 0.3) is 17.0 Å². The molecule has 3 heterocycles. The van der Waals surface area contributed by atoms with E-state index in [2.05, 4.69) is 15.9 Å². The molecule has 1 aliphatic rings. The van der Waals surface area contributed by atoms with E-state index in [1.165, 1.54) is 6.07 Å². The van der Waals surface area contributed by atoms with Crippen LogP contribution in [0, 0.1) is 13.8 Å². The fourth-order valence-corrected chi connectivity index (χ4v) is 3.85. The number of carbonyl (C=O) groups excluding carboxylic acids is 2. The summed E-state index contributed by atoms with van der Waals surface area (Å²) in [4.78, 5) is 25.3. The van der Waals surface area contributed by atoms with Crippen molar-refractivity contribution in [3.8, 4) is 11.5 Å². The van der Waals surface area contributed by atoms with Crippen LogP contribution in [0.15, 0.2) is 67.6 Å². The molecule has 0 bridgehead atoms. The first-order valence-electron chi connectivity index (χ1n) is 9.44. The Morgan fingerprint density at radius 3 is 2.65 bits per heavy atom. The van der Waals surface area contributed by atoms with Crippen molar-refractivity contribution in [1.82, 2.24) is 0 Å². The lowest BCUT2D eigenvalue weighted by Gasteiger charge is -2.06. The topological polar surface area (TPSA) is 78.9 Å². The maximum atomic E-state index is 12.7. The van der Waals surface area contributed by atoms with Gasteiger partial charge in [0.2, 0.25) is 11.5 Å². The van der Waals surface area contributed by atoms with Crippen LogP contribution in [0.3, 0.4) is 0 Å². The highest BCUT2D eigenvalue weighted by molar-refractivity contribution is 9.10. The standard InChI is InChI=1S/C24H15BrO6/c1-12-7-17(29-24(27)21-9-14-8-15(25)4-6-18(14)30-21)11-19-22(12)23(26)20(31-19)10-16-5-3-13(2)28-16/h3-11H,1-2H3/b20-10-. The van der Waals surface area contributed by atoms with Gasteiger partial charge in [0, 0.05) is 22.0 Å². The van der Waals surface area contributed by atoms with E-state index in [0.29, 0.717) is 28.2 Å². The van der Waals surface area contributed by atoms with Gasteiger partial charge < -0.3 is 18.3 Å². The molecule has 0 spiro atoms. The zero-order valence-corrected chi connectivity index (χ0v) is 18.1. The van der Waals surface area contributed by atoms with Gasteiger partial charge in [-0.1, -0.05) is 15.9 Å². The van der Waals surface area contributed by atoms with Crippen molar-refractivity contribution < 1.29 is 27.9 Å². The molecule has 0 fully saturated rings. The minimum Gasteiger partial charge on any atom is -0.462 e.